The minimum Gasteiger partial charge on any atom is -0.462 e. The van der Waals surface area contributed by atoms with Gasteiger partial charge in [-0.3, -0.25) is 14.4 Å². The molecular weight excluding hydrogens is 517 g/mol. The molecule has 1 aliphatic rings. The van der Waals surface area contributed by atoms with Gasteiger partial charge in [-0.25, -0.2) is 9.69 Å². The fourth-order valence-corrected chi connectivity index (χ4v) is 3.95. The second-order valence-corrected chi connectivity index (χ2v) is 8.81. The van der Waals surface area contributed by atoms with Gasteiger partial charge in [-0.1, -0.05) is 48.3 Å². The van der Waals surface area contributed by atoms with Crippen molar-refractivity contribution in [1.82, 2.24) is 0 Å². The Balaban J connectivity index is 1.52. The summed E-state index contributed by atoms with van der Waals surface area (Å²) in [5.41, 5.74) is 1.40. The van der Waals surface area contributed by atoms with Crippen LogP contribution in [0.1, 0.15) is 34.1 Å². The van der Waals surface area contributed by atoms with Gasteiger partial charge in [0.05, 0.1) is 17.9 Å². The first-order valence-corrected chi connectivity index (χ1v) is 12.0. The highest BCUT2D eigenvalue weighted by Gasteiger charge is 2.39. The van der Waals surface area contributed by atoms with E-state index in [1.165, 1.54) is 24.3 Å². The van der Waals surface area contributed by atoms with E-state index in [-0.39, 0.29) is 28.6 Å². The molecule has 0 bridgehead atoms. The lowest BCUT2D eigenvalue weighted by Gasteiger charge is -2.16. The summed E-state index contributed by atoms with van der Waals surface area (Å²) in [6.07, 6.45) is 0.659. The van der Waals surface area contributed by atoms with Crippen molar-refractivity contribution in [3.05, 3.63) is 99.7 Å². The van der Waals surface area contributed by atoms with Crippen molar-refractivity contribution >= 4 is 64.0 Å². The molecule has 1 aliphatic heterocycles. The van der Waals surface area contributed by atoms with Gasteiger partial charge >= 0.3 is 5.97 Å². The number of nitrogens with zero attached hydrogens (tertiary/aromatic N) is 1. The molecule has 0 spiro atoms. The Labute approximate surface area is 222 Å². The summed E-state index contributed by atoms with van der Waals surface area (Å²) in [5.74, 6) is -2.41. The predicted octanol–water partition coefficient (Wildman–Crippen LogP) is 5.59. The van der Waals surface area contributed by atoms with Gasteiger partial charge in [-0.2, -0.15) is 0 Å². The highest BCUT2D eigenvalue weighted by atomic mass is 35.5. The van der Waals surface area contributed by atoms with Crippen LogP contribution in [0.15, 0.2) is 83.5 Å². The van der Waals surface area contributed by atoms with Gasteiger partial charge in [-0.15, -0.1) is 0 Å². The molecule has 0 aromatic heterocycles. The Bertz CT molecular complexity index is 1440. The molecular formula is C27H21Cl2N3O5. The SMILES string of the molecule is CCCOC(=O)c1cccc(N2C(=O)C(Cl)=C(Nc3cccc(C(=O)Nc4cccc(Cl)c4)c3)C2=O)c1. The van der Waals surface area contributed by atoms with Crippen molar-refractivity contribution in [2.45, 2.75) is 13.3 Å². The Morgan fingerprint density at radius 2 is 1.57 bits per heavy atom. The molecule has 2 N–H and O–H groups in total. The average Bonchev–Trinajstić information content (AvgIpc) is 3.10. The molecule has 0 radical (unpaired) electrons. The van der Waals surface area contributed by atoms with Gasteiger partial charge in [0.1, 0.15) is 10.7 Å². The minimum atomic E-state index is -0.747. The number of amides is 3. The number of esters is 1. The summed E-state index contributed by atoms with van der Waals surface area (Å²) in [7, 11) is 0. The lowest BCUT2D eigenvalue weighted by atomic mass is 10.1. The van der Waals surface area contributed by atoms with Gasteiger partial charge in [-0.05, 0) is 61.0 Å². The number of imide groups is 1. The van der Waals surface area contributed by atoms with Crippen molar-refractivity contribution < 1.29 is 23.9 Å². The lowest BCUT2D eigenvalue weighted by molar-refractivity contribution is -0.120. The molecule has 10 heteroatoms. The molecule has 3 amide bonds. The van der Waals surface area contributed by atoms with E-state index in [4.69, 9.17) is 27.9 Å². The molecule has 0 unspecified atom stereocenters. The molecule has 0 saturated carbocycles. The molecule has 8 nitrogen and oxygen atoms in total. The molecule has 4 rings (SSSR count). The predicted molar refractivity (Wildman–Crippen MR) is 142 cm³/mol. The van der Waals surface area contributed by atoms with Gasteiger partial charge in [0.25, 0.3) is 17.7 Å². The van der Waals surface area contributed by atoms with E-state index in [1.54, 1.807) is 48.5 Å². The van der Waals surface area contributed by atoms with Gasteiger partial charge < -0.3 is 15.4 Å². The Morgan fingerprint density at radius 3 is 2.32 bits per heavy atom. The van der Waals surface area contributed by atoms with E-state index in [9.17, 15) is 19.2 Å². The van der Waals surface area contributed by atoms with E-state index >= 15 is 0 Å². The van der Waals surface area contributed by atoms with Gasteiger partial charge in [0.15, 0.2) is 0 Å². The van der Waals surface area contributed by atoms with Crippen LogP contribution in [0.5, 0.6) is 0 Å². The minimum absolute atomic E-state index is 0.155. The number of benzene rings is 3. The van der Waals surface area contributed by atoms with Crippen LogP contribution < -0.4 is 15.5 Å². The summed E-state index contributed by atoms with van der Waals surface area (Å²) in [6, 6.07) is 19.0. The molecule has 3 aromatic rings. The highest BCUT2D eigenvalue weighted by molar-refractivity contribution is 6.53. The summed E-state index contributed by atoms with van der Waals surface area (Å²) in [6.45, 7) is 2.12. The van der Waals surface area contributed by atoms with Crippen LogP contribution in [0, 0.1) is 0 Å². The number of halogens is 2. The number of anilines is 3. The monoisotopic (exact) mass is 537 g/mol. The fourth-order valence-electron chi connectivity index (χ4n) is 3.55. The molecule has 0 fully saturated rings. The summed E-state index contributed by atoms with van der Waals surface area (Å²) < 4.78 is 5.13. The Kier molecular flexibility index (Phi) is 7.91. The Hall–Kier alpha value is -4.14. The van der Waals surface area contributed by atoms with E-state index in [2.05, 4.69) is 10.6 Å². The zero-order valence-corrected chi connectivity index (χ0v) is 21.1. The summed E-state index contributed by atoms with van der Waals surface area (Å²) in [4.78, 5) is 51.8. The first-order chi connectivity index (χ1) is 17.8. The van der Waals surface area contributed by atoms with E-state index in [1.807, 2.05) is 6.92 Å². The largest absolute Gasteiger partial charge is 0.462 e. The van der Waals surface area contributed by atoms with Crippen LogP contribution >= 0.6 is 23.2 Å². The molecule has 37 heavy (non-hydrogen) atoms. The van der Waals surface area contributed by atoms with Crippen LogP contribution in [0.4, 0.5) is 17.1 Å². The zero-order valence-electron chi connectivity index (χ0n) is 19.6. The molecule has 0 atom stereocenters. The number of rotatable bonds is 8. The summed E-state index contributed by atoms with van der Waals surface area (Å²) >= 11 is 12.2. The normalized spacial score (nSPS) is 13.1. The van der Waals surface area contributed by atoms with Crippen molar-refractivity contribution in [3.63, 3.8) is 0 Å². The quantitative estimate of drug-likeness (QED) is 0.286. The van der Waals surface area contributed by atoms with Crippen LogP contribution in [0.2, 0.25) is 5.02 Å². The fraction of sp³-hybridized carbons (Fsp3) is 0.111. The van der Waals surface area contributed by atoms with E-state index in [0.29, 0.717) is 28.4 Å². The van der Waals surface area contributed by atoms with Crippen molar-refractivity contribution in [2.24, 2.45) is 0 Å². The highest BCUT2D eigenvalue weighted by Crippen LogP contribution is 2.31. The van der Waals surface area contributed by atoms with Crippen LogP contribution in [-0.2, 0) is 14.3 Å². The van der Waals surface area contributed by atoms with Crippen molar-refractivity contribution in [3.8, 4) is 0 Å². The van der Waals surface area contributed by atoms with Crippen molar-refractivity contribution in [2.75, 3.05) is 22.1 Å². The topological polar surface area (TPSA) is 105 Å². The smallest absolute Gasteiger partial charge is 0.338 e. The van der Waals surface area contributed by atoms with E-state index in [0.717, 1.165) is 4.90 Å². The number of carbonyl (C=O) groups is 4. The molecule has 3 aromatic carbocycles. The Morgan fingerprint density at radius 1 is 0.865 bits per heavy atom. The second-order valence-electron chi connectivity index (χ2n) is 7.99. The average molecular weight is 538 g/mol. The number of ether oxygens (including phenoxy) is 1. The third-order valence-corrected chi connectivity index (χ3v) is 5.87. The summed E-state index contributed by atoms with van der Waals surface area (Å²) in [5, 5.41) is 5.75. The van der Waals surface area contributed by atoms with Gasteiger partial charge in [0.2, 0.25) is 0 Å². The number of nitrogens with one attached hydrogen (secondary N) is 2. The number of hydrogen-bond acceptors (Lipinski definition) is 6. The zero-order chi connectivity index (χ0) is 26.5. The molecule has 0 saturated heterocycles. The molecule has 0 aliphatic carbocycles. The third kappa shape index (κ3) is 5.82. The third-order valence-electron chi connectivity index (χ3n) is 5.28. The first-order valence-electron chi connectivity index (χ1n) is 11.3. The molecule has 188 valence electrons. The number of carbonyl (C=O) groups excluding carboxylic acids is 4. The van der Waals surface area contributed by atoms with Gasteiger partial charge in [0, 0.05) is 22.0 Å². The van der Waals surface area contributed by atoms with Crippen LogP contribution in [-0.4, -0.2) is 30.3 Å². The molecule has 1 heterocycles. The van der Waals surface area contributed by atoms with Crippen LogP contribution in [0.25, 0.3) is 0 Å². The number of hydrogen-bond donors (Lipinski definition) is 2. The van der Waals surface area contributed by atoms with E-state index < -0.39 is 23.7 Å². The lowest BCUT2D eigenvalue weighted by Crippen LogP contribution is -2.32. The first kappa shape index (κ1) is 25.9. The van der Waals surface area contributed by atoms with Crippen molar-refractivity contribution in [1.29, 1.82) is 0 Å². The maximum Gasteiger partial charge on any atom is 0.338 e. The second kappa shape index (κ2) is 11.3. The standard InChI is InChI=1S/C27H21Cl2N3O5/c1-2-12-37-27(36)17-7-4-11-21(14-17)32-25(34)22(29)23(26(32)35)30-19-9-3-6-16(13-19)24(33)31-20-10-5-8-18(28)15-20/h3-11,13-15,30H,2,12H2,1H3,(H,31,33). The van der Waals surface area contributed by atoms with Crippen LogP contribution in [0.3, 0.4) is 0 Å². The maximum absolute atomic E-state index is 13.2. The maximum atomic E-state index is 13.2.